The maximum Gasteiger partial charge on any atom is 0.411 e. The van der Waals surface area contributed by atoms with Crippen molar-refractivity contribution < 1.29 is 17.9 Å². The molecule has 0 atom stereocenters. The van der Waals surface area contributed by atoms with Gasteiger partial charge in [-0.1, -0.05) is 0 Å². The molecule has 1 aliphatic rings. The Kier molecular flexibility index (Phi) is 2.44. The molecule has 88 valence electrons. The Morgan fingerprint density at radius 1 is 1.38 bits per heavy atom. The van der Waals surface area contributed by atoms with Crippen LogP contribution in [0.15, 0.2) is 18.3 Å². The summed E-state index contributed by atoms with van der Waals surface area (Å²) in [5.41, 5.74) is -1.77. The standard InChI is InChI=1S/C10H11F3N2O/c1-16-7-2-3-8(14-6-7)15-9(4-5-9)10(11,12)13/h2-3,6H,4-5H2,1H3,(H,14,15). The van der Waals surface area contributed by atoms with E-state index in [1.807, 2.05) is 0 Å². The van der Waals surface area contributed by atoms with Crippen LogP contribution in [0.2, 0.25) is 0 Å². The van der Waals surface area contributed by atoms with Gasteiger partial charge in [0.1, 0.15) is 17.1 Å². The fourth-order valence-electron chi connectivity index (χ4n) is 1.42. The van der Waals surface area contributed by atoms with Gasteiger partial charge in [0.15, 0.2) is 0 Å². The zero-order valence-electron chi connectivity index (χ0n) is 8.64. The summed E-state index contributed by atoms with van der Waals surface area (Å²) in [5.74, 6) is 0.734. The first-order valence-corrected chi connectivity index (χ1v) is 4.82. The van der Waals surface area contributed by atoms with E-state index in [-0.39, 0.29) is 18.7 Å². The van der Waals surface area contributed by atoms with Gasteiger partial charge in [-0.15, -0.1) is 0 Å². The summed E-state index contributed by atoms with van der Waals surface area (Å²) in [6.45, 7) is 0. The van der Waals surface area contributed by atoms with Crippen molar-refractivity contribution in [1.29, 1.82) is 0 Å². The van der Waals surface area contributed by atoms with Crippen LogP contribution < -0.4 is 10.1 Å². The lowest BCUT2D eigenvalue weighted by Gasteiger charge is -2.21. The van der Waals surface area contributed by atoms with Crippen LogP contribution in [0.4, 0.5) is 19.0 Å². The van der Waals surface area contributed by atoms with Crippen LogP contribution in [0.3, 0.4) is 0 Å². The second kappa shape index (κ2) is 3.54. The van der Waals surface area contributed by atoms with Gasteiger partial charge in [-0.2, -0.15) is 13.2 Å². The number of anilines is 1. The number of hydrogen-bond acceptors (Lipinski definition) is 3. The first kappa shape index (κ1) is 11.0. The SMILES string of the molecule is COc1ccc(NC2(C(F)(F)F)CC2)nc1. The van der Waals surface area contributed by atoms with Crippen molar-refractivity contribution >= 4 is 5.82 Å². The van der Waals surface area contributed by atoms with Gasteiger partial charge in [0, 0.05) is 0 Å². The van der Waals surface area contributed by atoms with Gasteiger partial charge >= 0.3 is 6.18 Å². The van der Waals surface area contributed by atoms with E-state index in [0.29, 0.717) is 5.75 Å². The molecule has 1 aliphatic carbocycles. The average molecular weight is 232 g/mol. The normalized spacial score (nSPS) is 18.0. The average Bonchev–Trinajstić information content (AvgIpc) is 2.99. The molecule has 0 unspecified atom stereocenters. The fraction of sp³-hybridized carbons (Fsp3) is 0.500. The number of hydrogen-bond donors (Lipinski definition) is 1. The molecule has 0 aromatic carbocycles. The summed E-state index contributed by atoms with van der Waals surface area (Å²) in [7, 11) is 1.47. The minimum atomic E-state index is -4.23. The van der Waals surface area contributed by atoms with Crippen LogP contribution in [0.1, 0.15) is 12.8 Å². The lowest BCUT2D eigenvalue weighted by atomic mass is 10.2. The van der Waals surface area contributed by atoms with Crippen LogP contribution in [0, 0.1) is 0 Å². The highest BCUT2D eigenvalue weighted by atomic mass is 19.4. The van der Waals surface area contributed by atoms with Crippen molar-refractivity contribution in [1.82, 2.24) is 4.98 Å². The lowest BCUT2D eigenvalue weighted by Crippen LogP contribution is -2.38. The van der Waals surface area contributed by atoms with Gasteiger partial charge < -0.3 is 10.1 Å². The second-order valence-corrected chi connectivity index (χ2v) is 3.79. The minimum Gasteiger partial charge on any atom is -0.495 e. The molecular weight excluding hydrogens is 221 g/mol. The number of pyridine rings is 1. The van der Waals surface area contributed by atoms with Crippen LogP contribution in [-0.4, -0.2) is 23.8 Å². The predicted molar refractivity (Wildman–Crippen MR) is 52.4 cm³/mol. The number of rotatable bonds is 3. The number of nitrogens with zero attached hydrogens (tertiary/aromatic N) is 1. The van der Waals surface area contributed by atoms with E-state index < -0.39 is 11.7 Å². The van der Waals surface area contributed by atoms with E-state index in [9.17, 15) is 13.2 Å². The molecule has 1 saturated carbocycles. The molecule has 0 radical (unpaired) electrons. The largest absolute Gasteiger partial charge is 0.495 e. The number of alkyl halides is 3. The van der Waals surface area contributed by atoms with Crippen molar-refractivity contribution in [2.45, 2.75) is 24.6 Å². The molecule has 6 heteroatoms. The molecule has 0 spiro atoms. The Morgan fingerprint density at radius 3 is 2.44 bits per heavy atom. The van der Waals surface area contributed by atoms with Gasteiger partial charge in [-0.05, 0) is 25.0 Å². The van der Waals surface area contributed by atoms with Crippen molar-refractivity contribution in [2.24, 2.45) is 0 Å². The number of methoxy groups -OCH3 is 1. The highest BCUT2D eigenvalue weighted by molar-refractivity contribution is 5.43. The summed E-state index contributed by atoms with van der Waals surface area (Å²) in [6, 6.07) is 3.05. The molecule has 0 amide bonds. The lowest BCUT2D eigenvalue weighted by molar-refractivity contribution is -0.151. The molecular formula is C10H11F3N2O. The van der Waals surface area contributed by atoms with Gasteiger partial charge in [0.2, 0.25) is 0 Å². The van der Waals surface area contributed by atoms with Crippen LogP contribution in [-0.2, 0) is 0 Å². The smallest absolute Gasteiger partial charge is 0.411 e. The summed E-state index contributed by atoms with van der Waals surface area (Å²) in [5, 5.41) is 2.43. The van der Waals surface area contributed by atoms with Gasteiger partial charge in [-0.25, -0.2) is 4.98 Å². The van der Waals surface area contributed by atoms with Crippen LogP contribution in [0.5, 0.6) is 5.75 Å². The second-order valence-electron chi connectivity index (χ2n) is 3.79. The summed E-state index contributed by atoms with van der Waals surface area (Å²) < 4.78 is 42.7. The molecule has 16 heavy (non-hydrogen) atoms. The van der Waals surface area contributed by atoms with Gasteiger partial charge in [0.05, 0.1) is 13.3 Å². The molecule has 1 N–H and O–H groups in total. The Hall–Kier alpha value is -1.46. The van der Waals surface area contributed by atoms with Gasteiger partial charge in [0.25, 0.3) is 0 Å². The van der Waals surface area contributed by atoms with E-state index in [1.165, 1.54) is 19.4 Å². The van der Waals surface area contributed by atoms with Crippen molar-refractivity contribution in [3.63, 3.8) is 0 Å². The Labute approximate surface area is 90.6 Å². The van der Waals surface area contributed by atoms with E-state index in [4.69, 9.17) is 4.74 Å². The molecule has 3 nitrogen and oxygen atoms in total. The molecule has 2 rings (SSSR count). The third-order valence-corrected chi connectivity index (χ3v) is 2.63. The number of ether oxygens (including phenoxy) is 1. The van der Waals surface area contributed by atoms with E-state index in [1.54, 1.807) is 6.07 Å². The Balaban J connectivity index is 2.10. The van der Waals surface area contributed by atoms with Crippen molar-refractivity contribution in [2.75, 3.05) is 12.4 Å². The highest BCUT2D eigenvalue weighted by Crippen LogP contribution is 2.50. The summed E-state index contributed by atoms with van der Waals surface area (Å²) in [4.78, 5) is 3.85. The van der Waals surface area contributed by atoms with Gasteiger partial charge in [-0.3, -0.25) is 0 Å². The first-order valence-electron chi connectivity index (χ1n) is 4.82. The monoisotopic (exact) mass is 232 g/mol. The van der Waals surface area contributed by atoms with E-state index in [0.717, 1.165) is 0 Å². The maximum atomic E-state index is 12.6. The topological polar surface area (TPSA) is 34.1 Å². The maximum absolute atomic E-state index is 12.6. The fourth-order valence-corrected chi connectivity index (χ4v) is 1.42. The molecule has 1 fully saturated rings. The predicted octanol–water partition coefficient (Wildman–Crippen LogP) is 2.60. The molecule has 0 aliphatic heterocycles. The quantitative estimate of drug-likeness (QED) is 0.869. The van der Waals surface area contributed by atoms with Crippen LogP contribution in [0.25, 0.3) is 0 Å². The molecule has 1 aromatic heterocycles. The minimum absolute atomic E-state index is 0.101. The van der Waals surface area contributed by atoms with Crippen molar-refractivity contribution in [3.8, 4) is 5.75 Å². The van der Waals surface area contributed by atoms with E-state index in [2.05, 4.69) is 10.3 Å². The number of nitrogens with one attached hydrogen (secondary N) is 1. The molecule has 0 saturated heterocycles. The zero-order valence-corrected chi connectivity index (χ0v) is 8.64. The zero-order chi connectivity index (χ0) is 11.8. The molecule has 1 aromatic rings. The summed E-state index contributed by atoms with van der Waals surface area (Å²) >= 11 is 0. The molecule has 0 bridgehead atoms. The Morgan fingerprint density at radius 2 is 2.06 bits per heavy atom. The third-order valence-electron chi connectivity index (χ3n) is 2.63. The number of aromatic nitrogens is 1. The first-order chi connectivity index (χ1) is 7.47. The van der Waals surface area contributed by atoms with Crippen molar-refractivity contribution in [3.05, 3.63) is 18.3 Å². The van der Waals surface area contributed by atoms with Crippen LogP contribution >= 0.6 is 0 Å². The highest BCUT2D eigenvalue weighted by Gasteiger charge is 2.63. The molecule has 1 heterocycles. The summed E-state index contributed by atoms with van der Waals surface area (Å²) in [6.07, 6.45) is -2.64. The number of halogens is 3. The van der Waals surface area contributed by atoms with E-state index >= 15 is 0 Å². The Bertz CT molecular complexity index is 371. The third kappa shape index (κ3) is 1.91.